The molecular formula is C16H16N4O2S. The van der Waals surface area contributed by atoms with E-state index in [2.05, 4.69) is 19.3 Å². The topological polar surface area (TPSA) is 88.1 Å². The van der Waals surface area contributed by atoms with Gasteiger partial charge >= 0.3 is 0 Å². The van der Waals surface area contributed by atoms with E-state index in [0.29, 0.717) is 23.4 Å². The number of carbonyl (C=O) groups is 1. The molecule has 2 aromatic heterocycles. The average molecular weight is 328 g/mol. The van der Waals surface area contributed by atoms with Crippen molar-refractivity contribution in [1.29, 1.82) is 0 Å². The number of rotatable bonds is 3. The minimum Gasteiger partial charge on any atom is -0.345 e. The summed E-state index contributed by atoms with van der Waals surface area (Å²) in [6, 6.07) is 1.64. The van der Waals surface area contributed by atoms with Crippen LogP contribution in [0.5, 0.6) is 0 Å². The van der Waals surface area contributed by atoms with Crippen LogP contribution in [0.3, 0.4) is 0 Å². The Labute approximate surface area is 134 Å². The molecule has 0 aromatic carbocycles. The van der Waals surface area contributed by atoms with Crippen LogP contribution in [0.2, 0.25) is 0 Å². The number of imidazole rings is 1. The molecule has 118 valence electrons. The third-order valence-corrected chi connectivity index (χ3v) is 5.53. The molecule has 2 heterocycles. The van der Waals surface area contributed by atoms with Crippen LogP contribution in [0.4, 0.5) is 0 Å². The third-order valence-electron chi connectivity index (χ3n) is 3.52. The highest BCUT2D eigenvalue weighted by Gasteiger charge is 2.19. The Bertz CT molecular complexity index is 891. The Morgan fingerprint density at radius 3 is 2.96 bits per heavy atom. The van der Waals surface area contributed by atoms with Crippen LogP contribution in [0.25, 0.3) is 11.4 Å². The molecule has 23 heavy (non-hydrogen) atoms. The lowest BCUT2D eigenvalue weighted by atomic mass is 10.2. The fourth-order valence-electron chi connectivity index (χ4n) is 2.28. The number of allylic oxidation sites excluding steroid dienone is 3. The van der Waals surface area contributed by atoms with Gasteiger partial charge in [-0.3, -0.25) is 9.78 Å². The van der Waals surface area contributed by atoms with Gasteiger partial charge in [0.2, 0.25) is 0 Å². The summed E-state index contributed by atoms with van der Waals surface area (Å²) >= 11 is 0. The zero-order chi connectivity index (χ0) is 16.3. The van der Waals surface area contributed by atoms with Crippen molar-refractivity contribution in [3.63, 3.8) is 0 Å². The lowest BCUT2D eigenvalue weighted by Crippen LogP contribution is -2.19. The highest BCUT2D eigenvalue weighted by atomic mass is 32.2. The fourth-order valence-corrected chi connectivity index (χ4v) is 3.70. The number of H-pyrrole nitrogens is 1. The minimum atomic E-state index is -2.66. The van der Waals surface area contributed by atoms with Gasteiger partial charge in [-0.15, -0.1) is 0 Å². The van der Waals surface area contributed by atoms with Gasteiger partial charge in [-0.25, -0.2) is 9.19 Å². The van der Waals surface area contributed by atoms with E-state index < -0.39 is 15.6 Å². The summed E-state index contributed by atoms with van der Waals surface area (Å²) in [5.74, 6) is 0.0890. The molecule has 0 saturated carbocycles. The predicted octanol–water partition coefficient (Wildman–Crippen LogP) is 2.59. The number of carbonyl (C=O) groups excluding carboxylic acids is 1. The minimum absolute atomic E-state index is 0.252. The lowest BCUT2D eigenvalue weighted by Gasteiger charge is -2.14. The third kappa shape index (κ3) is 3.45. The van der Waals surface area contributed by atoms with Crippen molar-refractivity contribution in [3.05, 3.63) is 60.7 Å². The van der Waals surface area contributed by atoms with Gasteiger partial charge in [0.25, 0.3) is 5.91 Å². The van der Waals surface area contributed by atoms with E-state index in [4.69, 9.17) is 0 Å². The van der Waals surface area contributed by atoms with Crippen LogP contribution in [-0.2, 0) is 9.73 Å². The van der Waals surface area contributed by atoms with E-state index in [0.717, 1.165) is 0 Å². The van der Waals surface area contributed by atoms with E-state index >= 15 is 0 Å². The van der Waals surface area contributed by atoms with Crippen molar-refractivity contribution in [3.8, 4) is 11.4 Å². The van der Waals surface area contributed by atoms with Crippen molar-refractivity contribution in [2.45, 2.75) is 11.7 Å². The van der Waals surface area contributed by atoms with Gasteiger partial charge in [-0.2, -0.15) is 4.36 Å². The molecule has 7 heteroatoms. The van der Waals surface area contributed by atoms with E-state index in [-0.39, 0.29) is 5.25 Å². The van der Waals surface area contributed by atoms with Crippen LogP contribution >= 0.6 is 0 Å². The molecule has 1 N–H and O–H groups in total. The second-order valence-electron chi connectivity index (χ2n) is 5.24. The summed E-state index contributed by atoms with van der Waals surface area (Å²) in [5.41, 5.74) is 0.975. The maximum absolute atomic E-state index is 12.7. The molecule has 0 radical (unpaired) electrons. The predicted molar refractivity (Wildman–Crippen MR) is 89.3 cm³/mol. The zero-order valence-electron chi connectivity index (χ0n) is 12.5. The smallest absolute Gasteiger partial charge is 0.286 e. The highest BCUT2D eigenvalue weighted by molar-refractivity contribution is 7.94. The molecule has 0 saturated heterocycles. The average Bonchev–Trinajstić information content (AvgIpc) is 3.10. The molecular weight excluding hydrogens is 312 g/mol. The van der Waals surface area contributed by atoms with Gasteiger partial charge in [0, 0.05) is 36.6 Å². The molecule has 0 aliphatic heterocycles. The summed E-state index contributed by atoms with van der Waals surface area (Å²) in [5, 5.41) is -0.252. The maximum atomic E-state index is 12.7. The molecule has 6 nitrogen and oxygen atoms in total. The Hall–Kier alpha value is -2.54. The number of amides is 1. The van der Waals surface area contributed by atoms with E-state index in [1.54, 1.807) is 24.7 Å². The first-order chi connectivity index (χ1) is 11.1. The first-order valence-corrected chi connectivity index (χ1v) is 9.08. The molecule has 1 aliphatic carbocycles. The van der Waals surface area contributed by atoms with Crippen molar-refractivity contribution in [2.24, 2.45) is 4.36 Å². The van der Waals surface area contributed by atoms with Crippen LogP contribution in [0.15, 0.2) is 59.5 Å². The van der Waals surface area contributed by atoms with Crippen LogP contribution < -0.4 is 0 Å². The van der Waals surface area contributed by atoms with Crippen molar-refractivity contribution >= 4 is 15.6 Å². The molecule has 2 aromatic rings. The second kappa shape index (κ2) is 6.29. The standard InChI is InChI=1S/C16H16N4O2S/c1-23(22,14-5-3-2-4-6-14)20-16(21)13-9-12(10-17-11-13)15-18-7-8-19-15/h2-5,7-11,14H,6H2,1H3,(H,18,19)/t14?,23-/m0/s1. The molecule has 1 unspecified atom stereocenters. The van der Waals surface area contributed by atoms with Crippen molar-refractivity contribution < 1.29 is 9.00 Å². The van der Waals surface area contributed by atoms with Crippen LogP contribution in [0, 0.1) is 0 Å². The normalized spacial score (nSPS) is 19.3. The summed E-state index contributed by atoms with van der Waals surface area (Å²) in [6.45, 7) is 0. The number of nitrogens with one attached hydrogen (secondary N) is 1. The number of pyridine rings is 1. The van der Waals surface area contributed by atoms with E-state index in [1.165, 1.54) is 12.5 Å². The largest absolute Gasteiger partial charge is 0.345 e. The Morgan fingerprint density at radius 2 is 2.26 bits per heavy atom. The summed E-state index contributed by atoms with van der Waals surface area (Å²) in [7, 11) is -2.66. The number of hydrogen-bond acceptors (Lipinski definition) is 4. The van der Waals surface area contributed by atoms with Crippen LogP contribution in [0.1, 0.15) is 16.8 Å². The van der Waals surface area contributed by atoms with Gasteiger partial charge in [0.05, 0.1) is 20.5 Å². The monoisotopic (exact) mass is 328 g/mol. The van der Waals surface area contributed by atoms with E-state index in [1.807, 2.05) is 24.3 Å². The van der Waals surface area contributed by atoms with Crippen LogP contribution in [-0.4, -0.2) is 36.6 Å². The molecule has 1 aliphatic rings. The quantitative estimate of drug-likeness (QED) is 0.938. The maximum Gasteiger partial charge on any atom is 0.286 e. The molecule has 3 rings (SSSR count). The van der Waals surface area contributed by atoms with Gasteiger partial charge in [0.1, 0.15) is 5.82 Å². The first-order valence-electron chi connectivity index (χ1n) is 7.10. The molecule has 0 bridgehead atoms. The number of aromatic nitrogens is 3. The van der Waals surface area contributed by atoms with Gasteiger partial charge in [0.15, 0.2) is 0 Å². The summed E-state index contributed by atoms with van der Waals surface area (Å²) in [6.07, 6.45) is 15.9. The Kier molecular flexibility index (Phi) is 4.20. The number of nitrogens with zero attached hydrogens (tertiary/aromatic N) is 3. The zero-order valence-corrected chi connectivity index (χ0v) is 13.4. The highest BCUT2D eigenvalue weighted by Crippen LogP contribution is 2.18. The first kappa shape index (κ1) is 15.4. The van der Waals surface area contributed by atoms with Gasteiger partial charge in [-0.05, 0) is 12.5 Å². The SMILES string of the molecule is C[S@@](=O)(=NC(=O)c1cncc(-c2ncc[nH]2)c1)C1C=CC=CC1. The van der Waals surface area contributed by atoms with E-state index in [9.17, 15) is 9.00 Å². The molecule has 0 spiro atoms. The Morgan fingerprint density at radius 1 is 1.39 bits per heavy atom. The number of hydrogen-bond donors (Lipinski definition) is 1. The number of aromatic amines is 1. The van der Waals surface area contributed by atoms with Crippen molar-refractivity contribution in [2.75, 3.05) is 6.26 Å². The molecule has 2 atom stereocenters. The lowest BCUT2D eigenvalue weighted by molar-refractivity contribution is 0.100. The van der Waals surface area contributed by atoms with Gasteiger partial charge in [-0.1, -0.05) is 24.3 Å². The fraction of sp³-hybridized carbons (Fsp3) is 0.188. The second-order valence-corrected chi connectivity index (χ2v) is 7.76. The summed E-state index contributed by atoms with van der Waals surface area (Å²) < 4.78 is 16.7. The van der Waals surface area contributed by atoms with Crippen molar-refractivity contribution in [1.82, 2.24) is 15.0 Å². The summed E-state index contributed by atoms with van der Waals surface area (Å²) in [4.78, 5) is 23.5. The van der Waals surface area contributed by atoms with Gasteiger partial charge < -0.3 is 4.98 Å². The molecule has 1 amide bonds. The Balaban J connectivity index is 1.90. The molecule has 0 fully saturated rings.